The van der Waals surface area contributed by atoms with Gasteiger partial charge in [0, 0.05) is 13.1 Å². The summed E-state index contributed by atoms with van der Waals surface area (Å²) in [6.07, 6.45) is 0.242. The maximum Gasteiger partial charge on any atom is 0.407 e. The van der Waals surface area contributed by atoms with Crippen molar-refractivity contribution in [2.24, 2.45) is 5.92 Å². The van der Waals surface area contributed by atoms with Crippen molar-refractivity contribution in [3.63, 3.8) is 0 Å². The number of amides is 1. The maximum atomic E-state index is 10.3. The quantitative estimate of drug-likeness (QED) is 0.530. The minimum Gasteiger partial charge on any atom is -0.465 e. The Labute approximate surface area is 54.3 Å². The fraction of sp³-hybridized carbons (Fsp3) is 0.833. The van der Waals surface area contributed by atoms with Crippen molar-refractivity contribution < 1.29 is 9.90 Å². The lowest BCUT2D eigenvalue weighted by Crippen LogP contribution is -2.26. The van der Waals surface area contributed by atoms with E-state index in [0.717, 1.165) is 19.5 Å². The lowest BCUT2D eigenvalue weighted by atomic mass is 10.2. The van der Waals surface area contributed by atoms with Crippen LogP contribution in [0.25, 0.3) is 0 Å². The lowest BCUT2D eigenvalue weighted by Gasteiger charge is -2.08. The van der Waals surface area contributed by atoms with E-state index in [2.05, 4.69) is 6.92 Å². The van der Waals surface area contributed by atoms with Crippen LogP contribution in [0.1, 0.15) is 13.3 Å². The molecule has 1 unspecified atom stereocenters. The summed E-state index contributed by atoms with van der Waals surface area (Å²) in [5, 5.41) is 8.46. The van der Waals surface area contributed by atoms with Crippen molar-refractivity contribution in [2.45, 2.75) is 13.3 Å². The molecule has 3 heteroatoms. The van der Waals surface area contributed by atoms with Gasteiger partial charge >= 0.3 is 6.09 Å². The van der Waals surface area contributed by atoms with Crippen LogP contribution in [-0.2, 0) is 0 Å². The molecule has 52 valence electrons. The van der Waals surface area contributed by atoms with Crippen LogP contribution in [0.15, 0.2) is 0 Å². The van der Waals surface area contributed by atoms with E-state index < -0.39 is 6.09 Å². The van der Waals surface area contributed by atoms with E-state index in [1.807, 2.05) is 0 Å². The normalized spacial score (nSPS) is 26.8. The van der Waals surface area contributed by atoms with Crippen LogP contribution in [0.4, 0.5) is 4.79 Å². The van der Waals surface area contributed by atoms with Gasteiger partial charge in [-0.1, -0.05) is 6.92 Å². The number of nitrogens with zero attached hydrogens (tertiary/aromatic N) is 1. The molecule has 1 atom stereocenters. The van der Waals surface area contributed by atoms with E-state index in [9.17, 15) is 4.79 Å². The third kappa shape index (κ3) is 1.34. The third-order valence-corrected chi connectivity index (χ3v) is 1.69. The summed E-state index contributed by atoms with van der Waals surface area (Å²) in [5.41, 5.74) is 0. The Morgan fingerprint density at radius 1 is 1.78 bits per heavy atom. The van der Waals surface area contributed by atoms with Crippen molar-refractivity contribution in [3.8, 4) is 0 Å². The van der Waals surface area contributed by atoms with Gasteiger partial charge in [-0.2, -0.15) is 0 Å². The molecule has 1 fully saturated rings. The summed E-state index contributed by atoms with van der Waals surface area (Å²) < 4.78 is 0. The highest BCUT2D eigenvalue weighted by atomic mass is 16.4. The van der Waals surface area contributed by atoms with Crippen LogP contribution < -0.4 is 0 Å². The molecular formula is C6H11NO2. The fourth-order valence-corrected chi connectivity index (χ4v) is 1.11. The molecule has 3 nitrogen and oxygen atoms in total. The largest absolute Gasteiger partial charge is 0.465 e. The van der Waals surface area contributed by atoms with Gasteiger partial charge in [0.1, 0.15) is 0 Å². The first-order valence-corrected chi connectivity index (χ1v) is 3.18. The zero-order valence-corrected chi connectivity index (χ0v) is 5.50. The van der Waals surface area contributed by atoms with E-state index in [4.69, 9.17) is 5.11 Å². The first kappa shape index (κ1) is 6.39. The van der Waals surface area contributed by atoms with E-state index in [1.54, 1.807) is 0 Å². The van der Waals surface area contributed by atoms with Crippen molar-refractivity contribution in [2.75, 3.05) is 13.1 Å². The van der Waals surface area contributed by atoms with Gasteiger partial charge in [0.05, 0.1) is 0 Å². The average Bonchev–Trinajstić information content (AvgIpc) is 2.14. The molecule has 0 radical (unpaired) electrons. The Balaban J connectivity index is 2.39. The molecule has 1 aliphatic heterocycles. The molecule has 9 heavy (non-hydrogen) atoms. The minimum atomic E-state index is -0.778. The number of hydrogen-bond acceptors (Lipinski definition) is 1. The number of likely N-dealkylation sites (tertiary alicyclic amines) is 1. The second-order valence-corrected chi connectivity index (χ2v) is 2.62. The average molecular weight is 129 g/mol. The molecule has 1 aliphatic rings. The van der Waals surface area contributed by atoms with E-state index in [0.29, 0.717) is 5.92 Å². The minimum absolute atomic E-state index is 0.557. The zero-order chi connectivity index (χ0) is 6.85. The summed E-state index contributed by atoms with van der Waals surface area (Å²) in [4.78, 5) is 11.7. The van der Waals surface area contributed by atoms with Crippen LogP contribution in [-0.4, -0.2) is 29.2 Å². The van der Waals surface area contributed by atoms with E-state index >= 15 is 0 Å². The smallest absolute Gasteiger partial charge is 0.407 e. The SMILES string of the molecule is CC1CCN(C(=O)O)C1. The van der Waals surface area contributed by atoms with Gasteiger partial charge in [-0.25, -0.2) is 4.79 Å². The van der Waals surface area contributed by atoms with Crippen molar-refractivity contribution in [3.05, 3.63) is 0 Å². The number of rotatable bonds is 0. The second-order valence-electron chi connectivity index (χ2n) is 2.62. The molecule has 0 bridgehead atoms. The first-order chi connectivity index (χ1) is 4.20. The van der Waals surface area contributed by atoms with Crippen LogP contribution in [0.3, 0.4) is 0 Å². The standard InChI is InChI=1S/C6H11NO2/c1-5-2-3-7(4-5)6(8)9/h5H,2-4H2,1H3,(H,8,9). The summed E-state index contributed by atoms with van der Waals surface area (Å²) in [5.74, 6) is 0.557. The molecule has 1 rings (SSSR count). The van der Waals surface area contributed by atoms with Crippen LogP contribution >= 0.6 is 0 Å². The highest BCUT2D eigenvalue weighted by Gasteiger charge is 2.21. The Hall–Kier alpha value is -0.730. The van der Waals surface area contributed by atoms with E-state index in [-0.39, 0.29) is 0 Å². The topological polar surface area (TPSA) is 40.5 Å². The van der Waals surface area contributed by atoms with Gasteiger partial charge in [-0.3, -0.25) is 0 Å². The van der Waals surface area contributed by atoms with Gasteiger partial charge in [-0.05, 0) is 12.3 Å². The monoisotopic (exact) mass is 129 g/mol. The Morgan fingerprint density at radius 3 is 2.67 bits per heavy atom. The summed E-state index contributed by atoms with van der Waals surface area (Å²) in [6, 6.07) is 0. The summed E-state index contributed by atoms with van der Waals surface area (Å²) >= 11 is 0. The maximum absolute atomic E-state index is 10.3. The summed E-state index contributed by atoms with van der Waals surface area (Å²) in [7, 11) is 0. The molecular weight excluding hydrogens is 118 g/mol. The molecule has 0 spiro atoms. The van der Waals surface area contributed by atoms with Crippen molar-refractivity contribution in [1.82, 2.24) is 4.90 Å². The van der Waals surface area contributed by atoms with Gasteiger partial charge in [-0.15, -0.1) is 0 Å². The van der Waals surface area contributed by atoms with Crippen molar-refractivity contribution in [1.29, 1.82) is 0 Å². The molecule has 1 heterocycles. The predicted octanol–water partition coefficient (Wildman–Crippen LogP) is 1.01. The fourth-order valence-electron chi connectivity index (χ4n) is 1.11. The van der Waals surface area contributed by atoms with Gasteiger partial charge in [0.2, 0.25) is 0 Å². The molecule has 1 saturated heterocycles. The first-order valence-electron chi connectivity index (χ1n) is 3.18. The molecule has 1 N–H and O–H groups in total. The van der Waals surface area contributed by atoms with E-state index in [1.165, 1.54) is 4.90 Å². The highest BCUT2D eigenvalue weighted by molar-refractivity contribution is 5.65. The molecule has 0 saturated carbocycles. The summed E-state index contributed by atoms with van der Waals surface area (Å²) in [6.45, 7) is 3.51. The molecule has 0 aliphatic carbocycles. The predicted molar refractivity (Wildman–Crippen MR) is 33.4 cm³/mol. The van der Waals surface area contributed by atoms with Crippen LogP contribution in [0.5, 0.6) is 0 Å². The Morgan fingerprint density at radius 2 is 2.44 bits per heavy atom. The van der Waals surface area contributed by atoms with Gasteiger partial charge in [0.25, 0.3) is 0 Å². The van der Waals surface area contributed by atoms with Gasteiger partial charge in [0.15, 0.2) is 0 Å². The second kappa shape index (κ2) is 2.25. The van der Waals surface area contributed by atoms with Crippen molar-refractivity contribution >= 4 is 6.09 Å². The molecule has 0 aromatic heterocycles. The molecule has 0 aromatic rings. The number of hydrogen-bond donors (Lipinski definition) is 1. The molecule has 1 amide bonds. The highest BCUT2D eigenvalue weighted by Crippen LogP contribution is 2.14. The lowest BCUT2D eigenvalue weighted by molar-refractivity contribution is 0.154. The van der Waals surface area contributed by atoms with Crippen LogP contribution in [0, 0.1) is 5.92 Å². The number of carbonyl (C=O) groups is 1. The number of carboxylic acid groups (broad SMARTS) is 1. The zero-order valence-electron chi connectivity index (χ0n) is 5.50. The Kier molecular flexibility index (Phi) is 1.60. The van der Waals surface area contributed by atoms with Crippen LogP contribution in [0.2, 0.25) is 0 Å². The Bertz CT molecular complexity index is 124. The third-order valence-electron chi connectivity index (χ3n) is 1.69. The van der Waals surface area contributed by atoms with Gasteiger partial charge < -0.3 is 10.0 Å². The molecule has 0 aromatic carbocycles.